The van der Waals surface area contributed by atoms with Crippen LogP contribution in [0.2, 0.25) is 0 Å². The van der Waals surface area contributed by atoms with Crippen LogP contribution in [-0.4, -0.2) is 30.1 Å². The van der Waals surface area contributed by atoms with Gasteiger partial charge in [-0.1, -0.05) is 12.1 Å². The van der Waals surface area contributed by atoms with E-state index in [0.717, 1.165) is 38.5 Å². The summed E-state index contributed by atoms with van der Waals surface area (Å²) in [5, 5.41) is 12.2. The second-order valence-electron chi connectivity index (χ2n) is 6.87. The maximum absolute atomic E-state index is 6.14. The lowest BCUT2D eigenvalue weighted by Crippen LogP contribution is -1.98. The second-order valence-corrected chi connectivity index (χ2v) is 6.87. The minimum absolute atomic E-state index is 0.487. The molecule has 0 spiro atoms. The average Bonchev–Trinajstić information content (AvgIpc) is 3.42. The summed E-state index contributed by atoms with van der Waals surface area (Å²) in [6.45, 7) is 0. The SMILES string of the molecule is c1cc(Oc2ccc3nc[nH]c3c2)c2nc(Nc3ccc4cn[nH]c4c3)ncc2c1. The van der Waals surface area contributed by atoms with Crippen LogP contribution in [0.5, 0.6) is 11.5 Å². The molecule has 0 unspecified atom stereocenters. The molecular weight excluding hydrogens is 378 g/mol. The van der Waals surface area contributed by atoms with Crippen molar-refractivity contribution in [3.63, 3.8) is 0 Å². The third kappa shape index (κ3) is 2.87. The van der Waals surface area contributed by atoms with Gasteiger partial charge in [0.1, 0.15) is 11.3 Å². The van der Waals surface area contributed by atoms with Crippen LogP contribution in [0.25, 0.3) is 32.8 Å². The maximum atomic E-state index is 6.14. The van der Waals surface area contributed by atoms with Crippen LogP contribution in [0, 0.1) is 0 Å². The summed E-state index contributed by atoms with van der Waals surface area (Å²) in [7, 11) is 0. The Balaban J connectivity index is 1.36. The zero-order valence-corrected chi connectivity index (χ0v) is 15.6. The second kappa shape index (κ2) is 6.56. The van der Waals surface area contributed by atoms with E-state index in [4.69, 9.17) is 9.72 Å². The van der Waals surface area contributed by atoms with Gasteiger partial charge >= 0.3 is 0 Å². The van der Waals surface area contributed by atoms with Crippen molar-refractivity contribution < 1.29 is 4.74 Å². The quantitative estimate of drug-likeness (QED) is 0.393. The first-order chi connectivity index (χ1) is 14.8. The Kier molecular flexibility index (Phi) is 3.60. The number of hydrogen-bond donors (Lipinski definition) is 3. The number of imidazole rings is 1. The number of nitrogens with zero attached hydrogens (tertiary/aromatic N) is 4. The van der Waals surface area contributed by atoms with Crippen LogP contribution < -0.4 is 10.1 Å². The number of benzene rings is 3. The van der Waals surface area contributed by atoms with Crippen molar-refractivity contribution in [1.82, 2.24) is 30.1 Å². The molecule has 3 aromatic heterocycles. The fraction of sp³-hybridized carbons (Fsp3) is 0. The van der Waals surface area contributed by atoms with Gasteiger partial charge in [-0.15, -0.1) is 0 Å². The lowest BCUT2D eigenvalue weighted by molar-refractivity contribution is 0.488. The van der Waals surface area contributed by atoms with Gasteiger partial charge in [0.15, 0.2) is 5.75 Å². The molecule has 0 fully saturated rings. The van der Waals surface area contributed by atoms with E-state index >= 15 is 0 Å². The number of rotatable bonds is 4. The topological polar surface area (TPSA) is 104 Å². The first-order valence-electron chi connectivity index (χ1n) is 9.39. The molecule has 8 heteroatoms. The van der Waals surface area contributed by atoms with Crippen molar-refractivity contribution in [1.29, 1.82) is 0 Å². The smallest absolute Gasteiger partial charge is 0.227 e. The van der Waals surface area contributed by atoms with E-state index in [-0.39, 0.29) is 0 Å². The molecule has 0 bridgehead atoms. The Morgan fingerprint density at radius 1 is 0.867 bits per heavy atom. The van der Waals surface area contributed by atoms with Crippen molar-refractivity contribution in [2.45, 2.75) is 0 Å². The molecule has 6 rings (SSSR count). The molecule has 3 N–H and O–H groups in total. The van der Waals surface area contributed by atoms with Crippen molar-refractivity contribution in [3.05, 3.63) is 73.3 Å². The number of nitrogens with one attached hydrogen (secondary N) is 3. The molecular formula is C22H15N7O. The molecule has 0 aliphatic heterocycles. The first-order valence-corrected chi connectivity index (χ1v) is 9.39. The fourth-order valence-electron chi connectivity index (χ4n) is 3.42. The number of para-hydroxylation sites is 1. The van der Waals surface area contributed by atoms with Crippen LogP contribution in [0.3, 0.4) is 0 Å². The maximum Gasteiger partial charge on any atom is 0.227 e. The third-order valence-corrected chi connectivity index (χ3v) is 4.89. The predicted molar refractivity (Wildman–Crippen MR) is 115 cm³/mol. The molecule has 0 atom stereocenters. The molecule has 0 amide bonds. The van der Waals surface area contributed by atoms with Crippen molar-refractivity contribution >= 4 is 44.5 Å². The highest BCUT2D eigenvalue weighted by Gasteiger charge is 2.09. The number of aromatic amines is 2. The van der Waals surface area contributed by atoms with E-state index in [9.17, 15) is 0 Å². The molecule has 3 aromatic carbocycles. The lowest BCUT2D eigenvalue weighted by Gasteiger charge is -2.10. The van der Waals surface area contributed by atoms with Crippen LogP contribution >= 0.6 is 0 Å². The number of anilines is 2. The van der Waals surface area contributed by atoms with E-state index < -0.39 is 0 Å². The number of fused-ring (bicyclic) bond motifs is 3. The van der Waals surface area contributed by atoms with E-state index in [1.165, 1.54) is 0 Å². The highest BCUT2D eigenvalue weighted by Crippen LogP contribution is 2.30. The summed E-state index contributed by atoms with van der Waals surface area (Å²) in [4.78, 5) is 16.5. The Morgan fingerprint density at radius 2 is 1.87 bits per heavy atom. The highest BCUT2D eigenvalue weighted by atomic mass is 16.5. The number of ether oxygens (including phenoxy) is 1. The van der Waals surface area contributed by atoms with Gasteiger partial charge in [-0.05, 0) is 36.4 Å². The molecule has 8 nitrogen and oxygen atoms in total. The number of hydrogen-bond acceptors (Lipinski definition) is 6. The zero-order chi connectivity index (χ0) is 19.9. The van der Waals surface area contributed by atoms with Crippen molar-refractivity contribution in [3.8, 4) is 11.5 Å². The van der Waals surface area contributed by atoms with Gasteiger partial charge in [0.05, 0.1) is 29.1 Å². The zero-order valence-electron chi connectivity index (χ0n) is 15.6. The van der Waals surface area contributed by atoms with Gasteiger partial charge in [0.25, 0.3) is 0 Å². The van der Waals surface area contributed by atoms with E-state index in [1.54, 1.807) is 18.7 Å². The van der Waals surface area contributed by atoms with Crippen molar-refractivity contribution in [2.24, 2.45) is 0 Å². The van der Waals surface area contributed by atoms with Crippen LogP contribution in [-0.2, 0) is 0 Å². The fourth-order valence-corrected chi connectivity index (χ4v) is 3.42. The molecule has 6 aromatic rings. The Labute approximate surface area is 170 Å². The van der Waals surface area contributed by atoms with Crippen molar-refractivity contribution in [2.75, 3.05) is 5.32 Å². The number of H-pyrrole nitrogens is 2. The molecule has 144 valence electrons. The number of aromatic nitrogens is 6. The largest absolute Gasteiger partial charge is 0.455 e. The summed E-state index contributed by atoms with van der Waals surface area (Å²) in [6, 6.07) is 17.4. The summed E-state index contributed by atoms with van der Waals surface area (Å²) in [6.07, 6.45) is 5.23. The monoisotopic (exact) mass is 393 g/mol. The van der Waals surface area contributed by atoms with Gasteiger partial charge in [0.2, 0.25) is 5.95 Å². The lowest BCUT2D eigenvalue weighted by atomic mass is 10.2. The summed E-state index contributed by atoms with van der Waals surface area (Å²) in [5.74, 6) is 1.85. The predicted octanol–water partition coefficient (Wildman–Crippen LogP) is 4.92. The first kappa shape index (κ1) is 16.5. The normalized spacial score (nSPS) is 11.3. The van der Waals surface area contributed by atoms with Crippen LogP contribution in [0.4, 0.5) is 11.6 Å². The van der Waals surface area contributed by atoms with Crippen LogP contribution in [0.15, 0.2) is 73.3 Å². The van der Waals surface area contributed by atoms with Crippen LogP contribution in [0.1, 0.15) is 0 Å². The molecule has 3 heterocycles. The molecule has 0 radical (unpaired) electrons. The summed E-state index contributed by atoms with van der Waals surface area (Å²) >= 11 is 0. The summed E-state index contributed by atoms with van der Waals surface area (Å²) in [5.41, 5.74) is 4.35. The van der Waals surface area contributed by atoms with Gasteiger partial charge < -0.3 is 15.0 Å². The molecule has 0 saturated carbocycles. The Hall–Kier alpha value is -4.46. The van der Waals surface area contributed by atoms with Gasteiger partial charge in [-0.3, -0.25) is 5.10 Å². The minimum atomic E-state index is 0.487. The average molecular weight is 393 g/mol. The van der Waals surface area contributed by atoms with Gasteiger partial charge in [-0.2, -0.15) is 5.10 Å². The summed E-state index contributed by atoms with van der Waals surface area (Å²) < 4.78 is 6.14. The van der Waals surface area contributed by atoms with Gasteiger partial charge in [-0.25, -0.2) is 15.0 Å². The Morgan fingerprint density at radius 3 is 2.87 bits per heavy atom. The van der Waals surface area contributed by atoms with E-state index in [1.807, 2.05) is 54.6 Å². The third-order valence-electron chi connectivity index (χ3n) is 4.89. The molecule has 0 aliphatic rings. The molecule has 0 aliphatic carbocycles. The Bertz CT molecular complexity index is 1520. The molecule has 30 heavy (non-hydrogen) atoms. The highest BCUT2D eigenvalue weighted by molar-refractivity contribution is 5.86. The van der Waals surface area contributed by atoms with Gasteiger partial charge in [0, 0.05) is 28.7 Å². The van der Waals surface area contributed by atoms with E-state index in [2.05, 4.69) is 30.5 Å². The standard InChI is InChI=1S/C22H15N7O/c1-2-14-10-23-22(27-15-5-4-13-11-26-29-18(13)8-15)28-21(14)20(3-1)30-16-6-7-17-19(9-16)25-12-24-17/h1-12H,(H,24,25)(H,26,29)(H,23,27,28). The minimum Gasteiger partial charge on any atom is -0.455 e. The molecule has 0 saturated heterocycles. The van der Waals surface area contributed by atoms with E-state index in [0.29, 0.717) is 17.4 Å².